The van der Waals surface area contributed by atoms with E-state index in [1.807, 2.05) is 21.6 Å². The summed E-state index contributed by atoms with van der Waals surface area (Å²) in [4.78, 5) is 67.4. The summed E-state index contributed by atoms with van der Waals surface area (Å²) in [6.45, 7) is 0. The van der Waals surface area contributed by atoms with Crippen LogP contribution in [0, 0.1) is 0 Å². The number of amides is 1. The summed E-state index contributed by atoms with van der Waals surface area (Å²) in [5.41, 5.74) is 19.9. The fourth-order valence-corrected chi connectivity index (χ4v) is 9.45. The lowest BCUT2D eigenvalue weighted by Gasteiger charge is -2.34. The van der Waals surface area contributed by atoms with Gasteiger partial charge in [-0.15, -0.1) is 0 Å². The Labute approximate surface area is 302 Å². The van der Waals surface area contributed by atoms with E-state index in [2.05, 4.69) is 5.32 Å². The van der Waals surface area contributed by atoms with E-state index in [9.17, 15) is 24.0 Å². The van der Waals surface area contributed by atoms with E-state index in [-0.39, 0.29) is 74.5 Å². The number of ketones is 4. The summed E-state index contributed by atoms with van der Waals surface area (Å²) in [7, 11) is 3.83. The van der Waals surface area contributed by atoms with Gasteiger partial charge in [-0.05, 0) is 72.4 Å². The molecule has 1 amide bonds. The van der Waals surface area contributed by atoms with Gasteiger partial charge in [0.05, 0.1) is 5.54 Å². The molecular weight excluding hydrogens is 669 g/mol. The van der Waals surface area contributed by atoms with Gasteiger partial charge in [0, 0.05) is 85.9 Å². The van der Waals surface area contributed by atoms with Crippen molar-refractivity contribution in [2.45, 2.75) is 94.3 Å². The summed E-state index contributed by atoms with van der Waals surface area (Å²) < 4.78 is 0. The van der Waals surface area contributed by atoms with Gasteiger partial charge < -0.3 is 22.5 Å². The molecule has 1 aliphatic rings. The molecule has 1 fully saturated rings. The zero-order chi connectivity index (χ0) is 35.9. The van der Waals surface area contributed by atoms with E-state index in [0.717, 1.165) is 19.3 Å². The lowest BCUT2D eigenvalue weighted by molar-refractivity contribution is -0.130. The fourth-order valence-electron chi connectivity index (χ4n) is 6.43. The summed E-state index contributed by atoms with van der Waals surface area (Å²) in [5, 5.41) is 3.59. The molecule has 7 N–H and O–H groups in total. The van der Waals surface area contributed by atoms with Gasteiger partial charge in [0.15, 0.2) is 0 Å². The van der Waals surface area contributed by atoms with Crippen molar-refractivity contribution in [2.24, 2.45) is 0 Å². The monoisotopic (exact) mass is 716 g/mol. The van der Waals surface area contributed by atoms with Crippen LogP contribution in [0.25, 0.3) is 0 Å². The molecule has 1 aliphatic heterocycles. The molecule has 266 valence electrons. The van der Waals surface area contributed by atoms with Crippen LogP contribution in [-0.2, 0) is 43.2 Å². The Bertz CT molecular complexity index is 1510. The van der Waals surface area contributed by atoms with Crippen molar-refractivity contribution in [3.8, 4) is 0 Å². The Balaban J connectivity index is 1.52. The van der Waals surface area contributed by atoms with E-state index >= 15 is 0 Å². The van der Waals surface area contributed by atoms with Gasteiger partial charge in [-0.1, -0.05) is 64.4 Å². The summed E-state index contributed by atoms with van der Waals surface area (Å²) >= 11 is 0. The third kappa shape index (κ3) is 13.7. The van der Waals surface area contributed by atoms with Gasteiger partial charge in [0.1, 0.15) is 23.1 Å². The summed E-state index contributed by atoms with van der Waals surface area (Å²) in [6.07, 6.45) is 3.62. The second-order valence-corrected chi connectivity index (χ2v) is 16.1. The molecule has 0 aromatic heterocycles. The zero-order valence-corrected chi connectivity index (χ0v) is 30.1. The van der Waals surface area contributed by atoms with Gasteiger partial charge in [-0.2, -0.15) is 0 Å². The number of nitrogen functional groups attached to an aromatic ring is 3. The van der Waals surface area contributed by atoms with Gasteiger partial charge in [-0.25, -0.2) is 0 Å². The summed E-state index contributed by atoms with van der Waals surface area (Å²) in [5.74, 6) is -0.107. The van der Waals surface area contributed by atoms with Crippen molar-refractivity contribution in [3.05, 3.63) is 89.5 Å². The van der Waals surface area contributed by atoms with Crippen molar-refractivity contribution < 1.29 is 24.0 Å². The zero-order valence-electron chi connectivity index (χ0n) is 28.5. The van der Waals surface area contributed by atoms with E-state index < -0.39 is 11.4 Å². The number of rotatable bonds is 21. The minimum atomic E-state index is -1.51. The van der Waals surface area contributed by atoms with Crippen molar-refractivity contribution in [3.63, 3.8) is 0 Å². The van der Waals surface area contributed by atoms with Gasteiger partial charge in [0.25, 0.3) is 0 Å². The maximum Gasteiger partial charge on any atom is 0.220 e. The lowest BCUT2D eigenvalue weighted by Crippen LogP contribution is -2.53. The minimum absolute atomic E-state index is 0.00597. The quantitative estimate of drug-likeness (QED) is 0.0560. The first-order valence-electron chi connectivity index (χ1n) is 17.2. The Kier molecular flexibility index (Phi) is 15.0. The molecule has 4 rings (SSSR count). The van der Waals surface area contributed by atoms with Crippen molar-refractivity contribution in [1.29, 1.82) is 0 Å². The number of benzene rings is 3. The van der Waals surface area contributed by atoms with Crippen LogP contribution in [-0.4, -0.2) is 45.6 Å². The van der Waals surface area contributed by atoms with Gasteiger partial charge in [-0.3, -0.25) is 24.0 Å². The van der Waals surface area contributed by atoms with Gasteiger partial charge in [0.2, 0.25) is 5.91 Å². The number of carbonyl (C=O) groups excluding carboxylic acids is 5. The molecule has 0 spiro atoms. The highest BCUT2D eigenvalue weighted by atomic mass is 33.1. The molecule has 1 unspecified atom stereocenters. The van der Waals surface area contributed by atoms with Gasteiger partial charge >= 0.3 is 0 Å². The maximum atomic E-state index is 13.7. The molecule has 0 aliphatic carbocycles. The normalized spacial score (nSPS) is 14.3. The van der Waals surface area contributed by atoms with Crippen LogP contribution in [0.2, 0.25) is 0 Å². The fraction of sp³-hybridized carbons (Fsp3) is 0.410. The molecule has 9 nitrogen and oxygen atoms in total. The number of anilines is 3. The molecule has 1 saturated heterocycles. The molecule has 1 heterocycles. The smallest absolute Gasteiger partial charge is 0.220 e. The number of Topliss-reactive ketones (excluding diaryl/α,β-unsaturated/α-hetero) is 4. The Morgan fingerprint density at radius 3 is 1.54 bits per heavy atom. The highest BCUT2D eigenvalue weighted by Crippen LogP contribution is 2.40. The lowest BCUT2D eigenvalue weighted by atomic mass is 9.79. The molecule has 3 aromatic carbocycles. The molecule has 0 bridgehead atoms. The number of nitrogens with two attached hydrogens (primary N) is 3. The average Bonchev–Trinajstić information content (AvgIpc) is 3.55. The minimum Gasteiger partial charge on any atom is -0.399 e. The van der Waals surface area contributed by atoms with Crippen LogP contribution >= 0.6 is 21.6 Å². The van der Waals surface area contributed by atoms with E-state index in [1.165, 1.54) is 12.2 Å². The molecule has 0 radical (unpaired) electrons. The van der Waals surface area contributed by atoms with Crippen LogP contribution in [0.15, 0.2) is 72.8 Å². The van der Waals surface area contributed by atoms with Crippen molar-refractivity contribution in [2.75, 3.05) is 23.0 Å². The highest BCUT2D eigenvalue weighted by molar-refractivity contribution is 8.77. The molecule has 0 saturated carbocycles. The van der Waals surface area contributed by atoms with Crippen LogP contribution in [0.3, 0.4) is 0 Å². The number of unbranched alkanes of at least 4 members (excludes halogenated alkanes) is 1. The molecule has 3 aromatic rings. The second kappa shape index (κ2) is 19.3. The van der Waals surface area contributed by atoms with Crippen LogP contribution in [0.1, 0.15) is 80.9 Å². The second-order valence-electron chi connectivity index (χ2n) is 13.4. The van der Waals surface area contributed by atoms with Crippen LogP contribution in [0.4, 0.5) is 17.1 Å². The van der Waals surface area contributed by atoms with E-state index in [1.54, 1.807) is 72.8 Å². The number of nitrogens with one attached hydrogen (secondary N) is 1. The van der Waals surface area contributed by atoms with Crippen LogP contribution < -0.4 is 22.5 Å². The molecule has 1 atom stereocenters. The first-order chi connectivity index (χ1) is 24.0. The third-order valence-electron chi connectivity index (χ3n) is 8.66. The van der Waals surface area contributed by atoms with Crippen LogP contribution in [0.5, 0.6) is 0 Å². The number of hydrogen-bond acceptors (Lipinski definition) is 10. The predicted molar refractivity (Wildman–Crippen MR) is 205 cm³/mol. The first-order valence-corrected chi connectivity index (χ1v) is 19.5. The predicted octanol–water partition coefficient (Wildman–Crippen LogP) is 6.26. The summed E-state index contributed by atoms with van der Waals surface area (Å²) in [6, 6.07) is 20.8. The number of hydrogen-bond donors (Lipinski definition) is 4. The Hall–Kier alpha value is -4.09. The standard InChI is InChI=1S/C39H48N4O5S2/c40-30-9-3-6-27(18-30)21-34(45)24-39(25-35(46)22-28-7-4-10-31(41)19-28,26-36(47)23-29-8-5-11-32(42)20-29)43-38(48)15-14-33(44)12-1-2-13-37-16-17-49-50-37/h3-11,18-20,37H,1-2,12-17,21-26,40-42H2,(H,43,48). The Morgan fingerprint density at radius 2 is 1.12 bits per heavy atom. The topological polar surface area (TPSA) is 175 Å². The average molecular weight is 717 g/mol. The largest absolute Gasteiger partial charge is 0.399 e. The number of carbonyl (C=O) groups is 5. The van der Waals surface area contributed by atoms with Crippen molar-refractivity contribution in [1.82, 2.24) is 5.32 Å². The van der Waals surface area contributed by atoms with E-state index in [4.69, 9.17) is 17.2 Å². The Morgan fingerprint density at radius 1 is 0.640 bits per heavy atom. The third-order valence-corrected chi connectivity index (χ3v) is 11.7. The van der Waals surface area contributed by atoms with E-state index in [0.29, 0.717) is 45.4 Å². The highest BCUT2D eigenvalue weighted by Gasteiger charge is 2.38. The molecule has 11 heteroatoms. The molecule has 50 heavy (non-hydrogen) atoms. The van der Waals surface area contributed by atoms with Crippen molar-refractivity contribution >= 4 is 67.7 Å². The maximum absolute atomic E-state index is 13.7. The first kappa shape index (κ1) is 38.7. The SMILES string of the molecule is Nc1cccc(CC(=O)CC(CC(=O)Cc2cccc(N)c2)(CC(=O)Cc2cccc(N)c2)NC(=O)CCC(=O)CCCCC2CCSS2)c1. The molecular formula is C39H48N4O5S2.